The lowest BCUT2D eigenvalue weighted by atomic mass is 9.98. The number of thiophene rings is 1. The van der Waals surface area contributed by atoms with E-state index in [2.05, 4.69) is 0 Å². The number of benzene rings is 1. The zero-order valence-corrected chi connectivity index (χ0v) is 16.7. The van der Waals surface area contributed by atoms with Crippen LogP contribution in [0, 0.1) is 6.92 Å². The molecule has 3 heterocycles. The molecule has 1 fully saturated rings. The van der Waals surface area contributed by atoms with E-state index < -0.39 is 17.7 Å². The van der Waals surface area contributed by atoms with Crippen LogP contribution in [0.3, 0.4) is 0 Å². The third-order valence-electron chi connectivity index (χ3n) is 4.96. The van der Waals surface area contributed by atoms with Crippen molar-refractivity contribution in [2.45, 2.75) is 19.5 Å². The summed E-state index contributed by atoms with van der Waals surface area (Å²) in [5, 5.41) is 13.0. The number of rotatable bonds is 5. The highest BCUT2D eigenvalue weighted by atomic mass is 32.1. The Hall–Kier alpha value is -3.32. The van der Waals surface area contributed by atoms with Gasteiger partial charge in [0.1, 0.15) is 23.3 Å². The second-order valence-corrected chi connectivity index (χ2v) is 7.62. The minimum Gasteiger partial charge on any atom is -0.507 e. The molecule has 0 radical (unpaired) electrons. The molecule has 3 aromatic rings. The second kappa shape index (κ2) is 7.60. The number of hydrogen-bond acceptors (Lipinski definition) is 6. The molecule has 7 heteroatoms. The van der Waals surface area contributed by atoms with Gasteiger partial charge < -0.3 is 19.2 Å². The number of nitrogens with zero attached hydrogens (tertiary/aromatic N) is 1. The summed E-state index contributed by atoms with van der Waals surface area (Å²) in [7, 11) is 1.49. The number of amides is 1. The number of Topliss-reactive ketones (excluding diaryl/α,β-unsaturated/α-hetero) is 1. The van der Waals surface area contributed by atoms with Crippen molar-refractivity contribution in [3.8, 4) is 5.75 Å². The molecule has 1 aliphatic rings. The molecule has 1 amide bonds. The van der Waals surface area contributed by atoms with Crippen LogP contribution < -0.4 is 4.74 Å². The SMILES string of the molecule is COc1ccccc1/C(O)=C1\C(=O)C(=O)N(Cc2ccco2)C1c1sccc1C. The van der Waals surface area contributed by atoms with Crippen LogP contribution in [0.4, 0.5) is 0 Å². The molecule has 0 aliphatic carbocycles. The first-order valence-corrected chi connectivity index (χ1v) is 9.89. The van der Waals surface area contributed by atoms with Gasteiger partial charge in [0.2, 0.25) is 0 Å². The Balaban J connectivity index is 1.90. The van der Waals surface area contributed by atoms with Crippen LogP contribution in [0.15, 0.2) is 64.1 Å². The van der Waals surface area contributed by atoms with Crippen LogP contribution in [0.2, 0.25) is 0 Å². The van der Waals surface area contributed by atoms with Gasteiger partial charge in [-0.15, -0.1) is 11.3 Å². The highest BCUT2D eigenvalue weighted by Crippen LogP contribution is 2.44. The Morgan fingerprint density at radius 3 is 2.66 bits per heavy atom. The first-order chi connectivity index (χ1) is 14.0. The molecule has 6 nitrogen and oxygen atoms in total. The van der Waals surface area contributed by atoms with Crippen LogP contribution in [0.5, 0.6) is 5.75 Å². The van der Waals surface area contributed by atoms with Crippen molar-refractivity contribution in [2.24, 2.45) is 0 Å². The number of aliphatic hydroxyl groups is 1. The predicted octanol–water partition coefficient (Wildman–Crippen LogP) is 4.28. The van der Waals surface area contributed by atoms with E-state index in [1.54, 1.807) is 36.4 Å². The highest BCUT2D eigenvalue weighted by Gasteiger charge is 2.47. The zero-order valence-electron chi connectivity index (χ0n) is 15.9. The van der Waals surface area contributed by atoms with Crippen molar-refractivity contribution in [3.63, 3.8) is 0 Å². The maximum atomic E-state index is 13.0. The molecule has 4 rings (SSSR count). The average Bonchev–Trinajstić information content (AvgIpc) is 3.45. The van der Waals surface area contributed by atoms with Crippen molar-refractivity contribution >= 4 is 28.8 Å². The van der Waals surface area contributed by atoms with Crippen LogP contribution in [-0.2, 0) is 16.1 Å². The number of ether oxygens (including phenoxy) is 1. The van der Waals surface area contributed by atoms with Crippen LogP contribution in [0.25, 0.3) is 5.76 Å². The van der Waals surface area contributed by atoms with E-state index in [4.69, 9.17) is 9.15 Å². The van der Waals surface area contributed by atoms with E-state index in [0.717, 1.165) is 10.4 Å². The minimum atomic E-state index is -0.724. The summed E-state index contributed by atoms with van der Waals surface area (Å²) >= 11 is 1.44. The molecule has 1 aromatic carbocycles. The van der Waals surface area contributed by atoms with Crippen molar-refractivity contribution in [1.82, 2.24) is 4.90 Å². The van der Waals surface area contributed by atoms with Crippen LogP contribution in [0.1, 0.15) is 27.8 Å². The van der Waals surface area contributed by atoms with Gasteiger partial charge in [-0.3, -0.25) is 9.59 Å². The van der Waals surface area contributed by atoms with Gasteiger partial charge in [-0.05, 0) is 48.2 Å². The number of ketones is 1. The average molecular weight is 409 g/mol. The van der Waals surface area contributed by atoms with E-state index in [0.29, 0.717) is 17.1 Å². The molecule has 1 N–H and O–H groups in total. The van der Waals surface area contributed by atoms with Crippen LogP contribution >= 0.6 is 11.3 Å². The molecule has 0 spiro atoms. The third kappa shape index (κ3) is 3.23. The number of para-hydroxylation sites is 1. The first kappa shape index (κ1) is 19.0. The Bertz CT molecular complexity index is 1100. The highest BCUT2D eigenvalue weighted by molar-refractivity contribution is 7.10. The van der Waals surface area contributed by atoms with Gasteiger partial charge in [0.05, 0.1) is 31.1 Å². The Labute approximate surface area is 171 Å². The van der Waals surface area contributed by atoms with Gasteiger partial charge in [0, 0.05) is 4.88 Å². The molecule has 0 saturated carbocycles. The number of furan rings is 1. The van der Waals surface area contributed by atoms with Crippen molar-refractivity contribution < 1.29 is 23.8 Å². The molecule has 1 unspecified atom stereocenters. The first-order valence-electron chi connectivity index (χ1n) is 9.01. The molecule has 1 aliphatic heterocycles. The van der Waals surface area contributed by atoms with E-state index in [1.165, 1.54) is 29.6 Å². The van der Waals surface area contributed by atoms with E-state index in [9.17, 15) is 14.7 Å². The number of likely N-dealkylation sites (tertiary alicyclic amines) is 1. The topological polar surface area (TPSA) is 80.0 Å². The lowest BCUT2D eigenvalue weighted by molar-refractivity contribution is -0.140. The summed E-state index contributed by atoms with van der Waals surface area (Å²) in [6.45, 7) is 2.05. The number of carbonyl (C=O) groups excluding carboxylic acids is 2. The van der Waals surface area contributed by atoms with Gasteiger partial charge in [-0.2, -0.15) is 0 Å². The number of aryl methyl sites for hydroxylation is 1. The normalized spacial score (nSPS) is 18.4. The molecule has 148 valence electrons. The Morgan fingerprint density at radius 1 is 1.21 bits per heavy atom. The lowest BCUT2D eigenvalue weighted by Crippen LogP contribution is -2.28. The monoisotopic (exact) mass is 409 g/mol. The van der Waals surface area contributed by atoms with Gasteiger partial charge in [-0.25, -0.2) is 0 Å². The summed E-state index contributed by atoms with van der Waals surface area (Å²) in [5.74, 6) is -0.666. The number of carbonyl (C=O) groups is 2. The van der Waals surface area contributed by atoms with Crippen molar-refractivity contribution in [1.29, 1.82) is 0 Å². The predicted molar refractivity (Wildman–Crippen MR) is 109 cm³/mol. The van der Waals surface area contributed by atoms with Crippen molar-refractivity contribution in [3.05, 3.63) is 81.4 Å². The Kier molecular flexibility index (Phi) is 4.98. The van der Waals surface area contributed by atoms with Crippen molar-refractivity contribution in [2.75, 3.05) is 7.11 Å². The minimum absolute atomic E-state index is 0.0524. The number of hydrogen-bond donors (Lipinski definition) is 1. The van der Waals surface area contributed by atoms with E-state index in [1.807, 2.05) is 18.4 Å². The lowest BCUT2D eigenvalue weighted by Gasteiger charge is -2.24. The summed E-state index contributed by atoms with van der Waals surface area (Å²) in [6.07, 6.45) is 1.52. The van der Waals surface area contributed by atoms with E-state index in [-0.39, 0.29) is 17.9 Å². The fourth-order valence-electron chi connectivity index (χ4n) is 3.54. The quantitative estimate of drug-likeness (QED) is 0.387. The van der Waals surface area contributed by atoms with Gasteiger partial charge in [0.15, 0.2) is 0 Å². The maximum absolute atomic E-state index is 13.0. The van der Waals surface area contributed by atoms with E-state index >= 15 is 0 Å². The molecule has 0 bridgehead atoms. The van der Waals surface area contributed by atoms with Gasteiger partial charge >= 0.3 is 0 Å². The number of aliphatic hydroxyl groups excluding tert-OH is 1. The molecule has 2 aromatic heterocycles. The summed E-state index contributed by atoms with van der Waals surface area (Å²) in [5.41, 5.74) is 1.36. The van der Waals surface area contributed by atoms with Crippen LogP contribution in [-0.4, -0.2) is 28.8 Å². The standard InChI is InChI=1S/C22H19NO5S/c1-13-9-11-29-21(13)18-17(19(24)15-7-3-4-8-16(15)27-2)20(25)22(26)23(18)12-14-6-5-10-28-14/h3-11,18,24H,12H2,1-2H3/b19-17+. The fraction of sp³-hybridized carbons (Fsp3) is 0.182. The second-order valence-electron chi connectivity index (χ2n) is 6.67. The molecular weight excluding hydrogens is 390 g/mol. The summed E-state index contributed by atoms with van der Waals surface area (Å²) < 4.78 is 10.7. The van der Waals surface area contributed by atoms with Gasteiger partial charge in [-0.1, -0.05) is 12.1 Å². The Morgan fingerprint density at radius 2 is 2.00 bits per heavy atom. The molecular formula is C22H19NO5S. The molecule has 29 heavy (non-hydrogen) atoms. The number of methoxy groups -OCH3 is 1. The molecule has 1 atom stereocenters. The summed E-state index contributed by atoms with van der Waals surface area (Å²) in [6, 6.07) is 11.6. The summed E-state index contributed by atoms with van der Waals surface area (Å²) in [4.78, 5) is 28.2. The largest absolute Gasteiger partial charge is 0.507 e. The van der Waals surface area contributed by atoms with Gasteiger partial charge in [0.25, 0.3) is 11.7 Å². The maximum Gasteiger partial charge on any atom is 0.296 e. The zero-order chi connectivity index (χ0) is 20.5. The molecule has 1 saturated heterocycles. The third-order valence-corrected chi connectivity index (χ3v) is 6.03. The fourth-order valence-corrected chi connectivity index (χ4v) is 4.58. The smallest absolute Gasteiger partial charge is 0.296 e.